The first-order valence-corrected chi connectivity index (χ1v) is 7.04. The molecule has 0 fully saturated rings. The fourth-order valence-electron chi connectivity index (χ4n) is 1.26. The minimum absolute atomic E-state index is 0.0660. The maximum atomic E-state index is 11.0. The van der Waals surface area contributed by atoms with Gasteiger partial charge in [0.2, 0.25) is 5.91 Å². The van der Waals surface area contributed by atoms with Gasteiger partial charge in [0, 0.05) is 26.0 Å². The molecule has 0 saturated heterocycles. The summed E-state index contributed by atoms with van der Waals surface area (Å²) in [5.74, 6) is 0.0660. The smallest absolute Gasteiger partial charge is 0.219 e. The van der Waals surface area contributed by atoms with Gasteiger partial charge in [0.15, 0.2) is 3.79 Å². The first-order valence-electron chi connectivity index (χ1n) is 5.96. The largest absolute Gasteiger partial charge is 0.375 e. The van der Waals surface area contributed by atoms with Crippen LogP contribution in [0.5, 0.6) is 0 Å². The molecule has 0 aromatic carbocycles. The van der Waals surface area contributed by atoms with Gasteiger partial charge in [-0.15, -0.1) is 0 Å². The summed E-state index contributed by atoms with van der Waals surface area (Å²) in [7, 11) is 0. The SMILES string of the molecule is CCC(=O)NCCC(C)(C)OCCCC(=O)I. The zero-order chi connectivity index (χ0) is 13.3. The van der Waals surface area contributed by atoms with Crippen molar-refractivity contribution < 1.29 is 14.3 Å². The Morgan fingerprint density at radius 2 is 2.00 bits per heavy atom. The van der Waals surface area contributed by atoms with Crippen molar-refractivity contribution >= 4 is 32.3 Å². The second-order valence-electron chi connectivity index (χ2n) is 4.52. The Bertz CT molecular complexity index is 254. The maximum Gasteiger partial charge on any atom is 0.219 e. The summed E-state index contributed by atoms with van der Waals surface area (Å²) in [4.78, 5) is 21.8. The Balaban J connectivity index is 3.64. The Kier molecular flexibility index (Phi) is 8.77. The average Bonchev–Trinajstić information content (AvgIpc) is 2.23. The Morgan fingerprint density at radius 1 is 1.35 bits per heavy atom. The van der Waals surface area contributed by atoms with Crippen molar-refractivity contribution in [3.63, 3.8) is 0 Å². The molecule has 0 aromatic heterocycles. The van der Waals surface area contributed by atoms with E-state index in [0.717, 1.165) is 12.8 Å². The molecule has 0 aliphatic heterocycles. The number of rotatable bonds is 9. The van der Waals surface area contributed by atoms with Crippen LogP contribution in [0.25, 0.3) is 0 Å². The van der Waals surface area contributed by atoms with E-state index >= 15 is 0 Å². The molecular weight excluding hydrogens is 333 g/mol. The second-order valence-corrected chi connectivity index (χ2v) is 5.72. The Labute approximate surface area is 117 Å². The molecule has 5 heteroatoms. The monoisotopic (exact) mass is 355 g/mol. The van der Waals surface area contributed by atoms with Crippen molar-refractivity contribution in [3.8, 4) is 0 Å². The predicted molar refractivity (Wildman–Crippen MR) is 76.2 cm³/mol. The highest BCUT2D eigenvalue weighted by molar-refractivity contribution is 14.1. The highest BCUT2D eigenvalue weighted by atomic mass is 127. The summed E-state index contributed by atoms with van der Waals surface area (Å²) >= 11 is 1.80. The molecule has 0 rings (SSSR count). The molecule has 0 unspecified atom stereocenters. The molecule has 0 aliphatic rings. The predicted octanol–water partition coefficient (Wildman–Crippen LogP) is 2.44. The van der Waals surface area contributed by atoms with E-state index in [1.54, 1.807) is 22.6 Å². The second kappa shape index (κ2) is 8.85. The summed E-state index contributed by atoms with van der Waals surface area (Å²) in [5.41, 5.74) is -0.255. The number of ether oxygens (including phenoxy) is 1. The molecule has 0 bridgehead atoms. The van der Waals surface area contributed by atoms with Gasteiger partial charge in [-0.05, 0) is 49.3 Å². The van der Waals surface area contributed by atoms with Gasteiger partial charge in [-0.1, -0.05) is 6.92 Å². The standard InChI is InChI=1S/C12H22INO3/c1-4-11(16)14-8-7-12(2,3)17-9-5-6-10(13)15/h4-9H2,1-3H3,(H,14,16). The zero-order valence-electron chi connectivity index (χ0n) is 10.8. The summed E-state index contributed by atoms with van der Waals surface area (Å²) in [6, 6.07) is 0. The molecule has 0 spiro atoms. The quantitative estimate of drug-likeness (QED) is 0.393. The summed E-state index contributed by atoms with van der Waals surface area (Å²) in [6.45, 7) is 7.04. The van der Waals surface area contributed by atoms with E-state index in [0.29, 0.717) is 26.0 Å². The summed E-state index contributed by atoms with van der Waals surface area (Å²) in [5, 5.41) is 2.82. The van der Waals surface area contributed by atoms with Gasteiger partial charge in [-0.2, -0.15) is 0 Å². The van der Waals surface area contributed by atoms with Crippen molar-refractivity contribution in [1.82, 2.24) is 5.32 Å². The number of amides is 1. The molecule has 1 N–H and O–H groups in total. The molecule has 1 amide bonds. The molecule has 0 heterocycles. The normalized spacial score (nSPS) is 11.3. The number of carbonyl (C=O) groups excluding carboxylic acids is 2. The minimum atomic E-state index is -0.255. The van der Waals surface area contributed by atoms with Gasteiger partial charge < -0.3 is 10.1 Å². The van der Waals surface area contributed by atoms with Crippen molar-refractivity contribution in [2.45, 2.75) is 52.1 Å². The summed E-state index contributed by atoms with van der Waals surface area (Å²) < 4.78 is 5.85. The Hall–Kier alpha value is -0.170. The lowest BCUT2D eigenvalue weighted by atomic mass is 10.1. The number of carbonyl (C=O) groups is 2. The topological polar surface area (TPSA) is 55.4 Å². The van der Waals surface area contributed by atoms with E-state index < -0.39 is 0 Å². The molecule has 0 atom stereocenters. The third kappa shape index (κ3) is 10.7. The molecule has 4 nitrogen and oxygen atoms in total. The van der Waals surface area contributed by atoms with Crippen LogP contribution in [0.4, 0.5) is 0 Å². The van der Waals surface area contributed by atoms with Crippen LogP contribution < -0.4 is 5.32 Å². The number of hydrogen-bond donors (Lipinski definition) is 1. The molecule has 100 valence electrons. The third-order valence-corrected chi connectivity index (χ3v) is 2.92. The molecule has 0 aromatic rings. The van der Waals surface area contributed by atoms with E-state index in [1.165, 1.54) is 0 Å². The number of halogens is 1. The van der Waals surface area contributed by atoms with E-state index in [-0.39, 0.29) is 15.3 Å². The van der Waals surface area contributed by atoms with Crippen molar-refractivity contribution in [1.29, 1.82) is 0 Å². The van der Waals surface area contributed by atoms with Crippen LogP contribution in [0.15, 0.2) is 0 Å². The third-order valence-electron chi connectivity index (χ3n) is 2.38. The fraction of sp³-hybridized carbons (Fsp3) is 0.833. The number of hydrogen-bond acceptors (Lipinski definition) is 3. The van der Waals surface area contributed by atoms with Crippen LogP contribution in [-0.4, -0.2) is 28.4 Å². The lowest BCUT2D eigenvalue weighted by Gasteiger charge is -2.25. The number of nitrogens with one attached hydrogen (secondary N) is 1. The van der Waals surface area contributed by atoms with E-state index in [1.807, 2.05) is 20.8 Å². The van der Waals surface area contributed by atoms with Gasteiger partial charge in [-0.3, -0.25) is 9.59 Å². The molecular formula is C12H22INO3. The first kappa shape index (κ1) is 16.8. The van der Waals surface area contributed by atoms with Crippen LogP contribution >= 0.6 is 22.6 Å². The lowest BCUT2D eigenvalue weighted by Crippen LogP contribution is -2.32. The van der Waals surface area contributed by atoms with Gasteiger partial charge in [0.1, 0.15) is 0 Å². The van der Waals surface area contributed by atoms with Crippen molar-refractivity contribution in [2.24, 2.45) is 0 Å². The van der Waals surface area contributed by atoms with Gasteiger partial charge in [0.25, 0.3) is 0 Å². The molecule has 0 aliphatic carbocycles. The van der Waals surface area contributed by atoms with Gasteiger partial charge in [-0.25, -0.2) is 0 Å². The fourth-order valence-corrected chi connectivity index (χ4v) is 1.64. The van der Waals surface area contributed by atoms with Crippen molar-refractivity contribution in [2.75, 3.05) is 13.2 Å². The van der Waals surface area contributed by atoms with Crippen LogP contribution in [0.1, 0.15) is 46.5 Å². The Morgan fingerprint density at radius 3 is 2.53 bits per heavy atom. The first-order chi connectivity index (χ1) is 7.87. The highest BCUT2D eigenvalue weighted by Gasteiger charge is 2.18. The minimum Gasteiger partial charge on any atom is -0.375 e. The van der Waals surface area contributed by atoms with Crippen LogP contribution in [0.3, 0.4) is 0 Å². The molecule has 0 radical (unpaired) electrons. The highest BCUT2D eigenvalue weighted by Crippen LogP contribution is 2.14. The zero-order valence-corrected chi connectivity index (χ0v) is 13.0. The van der Waals surface area contributed by atoms with Gasteiger partial charge in [0.05, 0.1) is 5.60 Å². The summed E-state index contributed by atoms with van der Waals surface area (Å²) in [6.07, 6.45) is 2.60. The van der Waals surface area contributed by atoms with Crippen LogP contribution in [0, 0.1) is 0 Å². The van der Waals surface area contributed by atoms with Crippen LogP contribution in [-0.2, 0) is 14.3 Å². The van der Waals surface area contributed by atoms with Crippen LogP contribution in [0.2, 0.25) is 0 Å². The van der Waals surface area contributed by atoms with E-state index in [9.17, 15) is 9.59 Å². The molecule has 0 saturated carbocycles. The van der Waals surface area contributed by atoms with Gasteiger partial charge >= 0.3 is 0 Å². The van der Waals surface area contributed by atoms with E-state index in [4.69, 9.17) is 4.74 Å². The van der Waals surface area contributed by atoms with Crippen molar-refractivity contribution in [3.05, 3.63) is 0 Å². The average molecular weight is 355 g/mol. The molecule has 17 heavy (non-hydrogen) atoms. The maximum absolute atomic E-state index is 11.0. The lowest BCUT2D eigenvalue weighted by molar-refractivity contribution is -0.121. The van der Waals surface area contributed by atoms with E-state index in [2.05, 4.69) is 5.32 Å².